The molecule has 4 N–H and O–H groups in total. The minimum absolute atomic E-state index is 0.0483. The van der Waals surface area contributed by atoms with Crippen LogP contribution in [0.25, 0.3) is 0 Å². The van der Waals surface area contributed by atoms with Crippen LogP contribution in [-0.2, 0) is 6.42 Å². The van der Waals surface area contributed by atoms with Gasteiger partial charge in [0.1, 0.15) is 5.82 Å². The van der Waals surface area contributed by atoms with Crippen LogP contribution >= 0.6 is 0 Å². The highest BCUT2D eigenvalue weighted by Gasteiger charge is 2.05. The topological polar surface area (TPSA) is 102 Å². The number of hydrogen-bond acceptors (Lipinski definition) is 6. The highest BCUT2D eigenvalue weighted by atomic mass is 16.5. The van der Waals surface area contributed by atoms with Crippen molar-refractivity contribution in [2.45, 2.75) is 26.4 Å². The summed E-state index contributed by atoms with van der Waals surface area (Å²) >= 11 is 0. The van der Waals surface area contributed by atoms with Gasteiger partial charge >= 0.3 is 0 Å². The first-order valence-electron chi connectivity index (χ1n) is 6.16. The van der Waals surface area contributed by atoms with Crippen molar-refractivity contribution in [2.75, 3.05) is 17.6 Å². The molecule has 2 aromatic heterocycles. The summed E-state index contributed by atoms with van der Waals surface area (Å²) in [6.07, 6.45) is 4.33. The average molecular weight is 262 g/mol. The molecule has 0 spiro atoms. The average Bonchev–Trinajstić information content (AvgIpc) is 2.80. The van der Waals surface area contributed by atoms with Gasteiger partial charge in [0.2, 0.25) is 11.8 Å². The molecule has 7 heteroatoms. The number of nitrogen functional groups attached to an aromatic ring is 1. The standard InChI is InChI=1S/C12H18N6O/c1-8(2)19-11-5-10(17-12(13)18-11)15-4-3-9-6-14-7-16-9/h5-8H,3-4H2,1-2H3,(H,14,16)(H3,13,15,17,18). The van der Waals surface area contributed by atoms with Gasteiger partial charge in [-0.25, -0.2) is 4.98 Å². The second kappa shape index (κ2) is 6.03. The maximum atomic E-state index is 5.64. The molecule has 7 nitrogen and oxygen atoms in total. The number of hydrogen-bond donors (Lipinski definition) is 3. The number of nitrogens with one attached hydrogen (secondary N) is 2. The van der Waals surface area contributed by atoms with Gasteiger partial charge in [-0.05, 0) is 13.8 Å². The van der Waals surface area contributed by atoms with Crippen LogP contribution in [0.2, 0.25) is 0 Å². The minimum Gasteiger partial charge on any atom is -0.475 e. The molecule has 2 heterocycles. The molecule has 2 rings (SSSR count). The lowest BCUT2D eigenvalue weighted by molar-refractivity contribution is 0.233. The van der Waals surface area contributed by atoms with Crippen LogP contribution in [-0.4, -0.2) is 32.6 Å². The Bertz CT molecular complexity index is 511. The SMILES string of the molecule is CC(C)Oc1cc(NCCc2cnc[nH]2)nc(N)n1. The Hall–Kier alpha value is -2.31. The maximum absolute atomic E-state index is 5.64. The summed E-state index contributed by atoms with van der Waals surface area (Å²) in [6, 6.07) is 1.74. The van der Waals surface area contributed by atoms with Crippen LogP contribution in [0.15, 0.2) is 18.6 Å². The second-order valence-electron chi connectivity index (χ2n) is 4.37. The van der Waals surface area contributed by atoms with Crippen molar-refractivity contribution in [3.05, 3.63) is 24.3 Å². The summed E-state index contributed by atoms with van der Waals surface area (Å²) in [7, 11) is 0. The first-order chi connectivity index (χ1) is 9.13. The number of aromatic nitrogens is 4. The van der Waals surface area contributed by atoms with Crippen molar-refractivity contribution in [2.24, 2.45) is 0 Å². The van der Waals surface area contributed by atoms with Gasteiger partial charge in [-0.3, -0.25) is 0 Å². The Morgan fingerprint density at radius 1 is 1.42 bits per heavy atom. The smallest absolute Gasteiger partial charge is 0.225 e. The lowest BCUT2D eigenvalue weighted by Gasteiger charge is -2.11. The van der Waals surface area contributed by atoms with Crippen LogP contribution in [0.1, 0.15) is 19.5 Å². The fourth-order valence-corrected chi connectivity index (χ4v) is 1.58. The number of nitrogens with zero attached hydrogens (tertiary/aromatic N) is 3. The number of nitrogens with two attached hydrogens (primary N) is 1. The Morgan fingerprint density at radius 3 is 2.95 bits per heavy atom. The zero-order valence-electron chi connectivity index (χ0n) is 11.1. The quantitative estimate of drug-likeness (QED) is 0.723. The van der Waals surface area contributed by atoms with Gasteiger partial charge in [0.25, 0.3) is 0 Å². The zero-order valence-corrected chi connectivity index (χ0v) is 11.1. The van der Waals surface area contributed by atoms with Crippen molar-refractivity contribution in [1.29, 1.82) is 0 Å². The highest BCUT2D eigenvalue weighted by Crippen LogP contribution is 2.15. The molecule has 19 heavy (non-hydrogen) atoms. The third kappa shape index (κ3) is 4.13. The molecule has 0 saturated carbocycles. The molecule has 2 aromatic rings. The highest BCUT2D eigenvalue weighted by molar-refractivity contribution is 5.42. The van der Waals surface area contributed by atoms with Gasteiger partial charge in [0.05, 0.1) is 12.4 Å². The van der Waals surface area contributed by atoms with Crippen LogP contribution in [0, 0.1) is 0 Å². The van der Waals surface area contributed by atoms with E-state index in [1.54, 1.807) is 18.6 Å². The van der Waals surface area contributed by atoms with E-state index in [4.69, 9.17) is 10.5 Å². The van der Waals surface area contributed by atoms with Gasteiger partial charge in [-0.15, -0.1) is 0 Å². The minimum atomic E-state index is 0.0483. The predicted molar refractivity (Wildman–Crippen MR) is 73.0 cm³/mol. The molecule has 0 unspecified atom stereocenters. The third-order valence-electron chi connectivity index (χ3n) is 2.33. The summed E-state index contributed by atoms with van der Waals surface area (Å²) in [5.41, 5.74) is 6.71. The van der Waals surface area contributed by atoms with Gasteiger partial charge < -0.3 is 20.8 Å². The molecule has 0 radical (unpaired) electrons. The molecule has 0 aromatic carbocycles. The molecule has 0 atom stereocenters. The Morgan fingerprint density at radius 2 is 2.26 bits per heavy atom. The molecular formula is C12H18N6O. The van der Waals surface area contributed by atoms with Crippen molar-refractivity contribution in [1.82, 2.24) is 19.9 Å². The van der Waals surface area contributed by atoms with E-state index in [0.29, 0.717) is 11.7 Å². The Balaban J connectivity index is 1.93. The summed E-state index contributed by atoms with van der Waals surface area (Å²) in [4.78, 5) is 15.1. The fraction of sp³-hybridized carbons (Fsp3) is 0.417. The van der Waals surface area contributed by atoms with E-state index in [1.807, 2.05) is 13.8 Å². The van der Waals surface area contributed by atoms with Gasteiger partial charge in [0.15, 0.2) is 0 Å². The summed E-state index contributed by atoms with van der Waals surface area (Å²) in [5, 5.41) is 3.18. The summed E-state index contributed by atoms with van der Waals surface area (Å²) in [5.74, 6) is 1.33. The largest absolute Gasteiger partial charge is 0.475 e. The third-order valence-corrected chi connectivity index (χ3v) is 2.33. The number of aromatic amines is 1. The molecule has 0 aliphatic heterocycles. The number of ether oxygens (including phenoxy) is 1. The lowest BCUT2D eigenvalue weighted by atomic mass is 10.3. The van der Waals surface area contributed by atoms with Crippen LogP contribution in [0.3, 0.4) is 0 Å². The van der Waals surface area contributed by atoms with E-state index >= 15 is 0 Å². The van der Waals surface area contributed by atoms with E-state index in [9.17, 15) is 0 Å². The van der Waals surface area contributed by atoms with Gasteiger partial charge in [-0.1, -0.05) is 0 Å². The number of H-pyrrole nitrogens is 1. The first-order valence-corrected chi connectivity index (χ1v) is 6.16. The monoisotopic (exact) mass is 262 g/mol. The zero-order chi connectivity index (χ0) is 13.7. The Kier molecular flexibility index (Phi) is 4.17. The van der Waals surface area contributed by atoms with Crippen LogP contribution in [0.4, 0.5) is 11.8 Å². The van der Waals surface area contributed by atoms with Crippen molar-refractivity contribution in [3.8, 4) is 5.88 Å². The molecular weight excluding hydrogens is 244 g/mol. The molecule has 0 fully saturated rings. The second-order valence-corrected chi connectivity index (χ2v) is 4.37. The molecule has 0 aliphatic carbocycles. The summed E-state index contributed by atoms with van der Waals surface area (Å²) < 4.78 is 5.50. The van der Waals surface area contributed by atoms with Crippen LogP contribution in [0.5, 0.6) is 5.88 Å². The van der Waals surface area contributed by atoms with Gasteiger partial charge in [-0.2, -0.15) is 9.97 Å². The van der Waals surface area contributed by atoms with Crippen LogP contribution < -0.4 is 15.8 Å². The molecule has 102 valence electrons. The van der Waals surface area contributed by atoms with Crippen molar-refractivity contribution in [3.63, 3.8) is 0 Å². The lowest BCUT2D eigenvalue weighted by Crippen LogP contribution is -2.11. The van der Waals surface area contributed by atoms with E-state index in [2.05, 4.69) is 25.3 Å². The maximum Gasteiger partial charge on any atom is 0.225 e. The normalized spacial score (nSPS) is 10.7. The molecule has 0 saturated heterocycles. The molecule has 0 aliphatic rings. The van der Waals surface area contributed by atoms with E-state index < -0.39 is 0 Å². The number of rotatable bonds is 6. The fourth-order valence-electron chi connectivity index (χ4n) is 1.58. The molecule has 0 amide bonds. The van der Waals surface area contributed by atoms with Crippen molar-refractivity contribution >= 4 is 11.8 Å². The van der Waals surface area contributed by atoms with E-state index in [-0.39, 0.29) is 12.1 Å². The summed E-state index contributed by atoms with van der Waals surface area (Å²) in [6.45, 7) is 4.59. The predicted octanol–water partition coefficient (Wildman–Crippen LogP) is 1.22. The number of anilines is 2. The van der Waals surface area contributed by atoms with E-state index in [0.717, 1.165) is 18.7 Å². The van der Waals surface area contributed by atoms with Gasteiger partial charge in [0, 0.05) is 30.9 Å². The first kappa shape index (κ1) is 13.1. The van der Waals surface area contributed by atoms with E-state index in [1.165, 1.54) is 0 Å². The Labute approximate surface area is 111 Å². The van der Waals surface area contributed by atoms with Crippen molar-refractivity contribution < 1.29 is 4.74 Å². The number of imidazole rings is 1. The molecule has 0 bridgehead atoms.